The molecule has 2 aliphatic rings. The second-order valence-electron chi connectivity index (χ2n) is 4.87. The third-order valence-electron chi connectivity index (χ3n) is 3.70. The highest BCUT2D eigenvalue weighted by Crippen LogP contribution is 2.45. The summed E-state index contributed by atoms with van der Waals surface area (Å²) in [5.74, 6) is 1.24. The van der Waals surface area contributed by atoms with Crippen LogP contribution in [0.1, 0.15) is 32.1 Å². The second-order valence-corrected chi connectivity index (χ2v) is 4.87. The highest BCUT2D eigenvalue weighted by molar-refractivity contribution is 5.67. The predicted molar refractivity (Wildman–Crippen MR) is 56.3 cm³/mol. The quantitative estimate of drug-likeness (QED) is 0.680. The van der Waals surface area contributed by atoms with E-state index >= 15 is 0 Å². The lowest BCUT2D eigenvalue weighted by Gasteiger charge is -2.19. The number of allylic oxidation sites excluding steroid dienone is 2. The van der Waals surface area contributed by atoms with Crippen molar-refractivity contribution in [1.29, 1.82) is 0 Å². The van der Waals surface area contributed by atoms with Crippen molar-refractivity contribution < 1.29 is 15.0 Å². The summed E-state index contributed by atoms with van der Waals surface area (Å²) in [6.45, 7) is 0. The van der Waals surface area contributed by atoms with Gasteiger partial charge in [-0.1, -0.05) is 12.2 Å². The average Bonchev–Trinajstić information content (AvgIpc) is 2.74. The minimum absolute atomic E-state index is 0.114. The van der Waals surface area contributed by atoms with E-state index in [9.17, 15) is 9.90 Å². The van der Waals surface area contributed by atoms with E-state index in [0.29, 0.717) is 18.3 Å². The maximum absolute atomic E-state index is 10.4. The highest BCUT2D eigenvalue weighted by Gasteiger charge is 2.35. The first-order chi connectivity index (χ1) is 7.15. The molecule has 1 fully saturated rings. The molecule has 0 amide bonds. The molecule has 0 aromatic carbocycles. The molecule has 3 nitrogen and oxygen atoms in total. The molecule has 84 valence electrons. The molecule has 2 aliphatic carbocycles. The van der Waals surface area contributed by atoms with Crippen molar-refractivity contribution in [3.63, 3.8) is 0 Å². The lowest BCUT2D eigenvalue weighted by molar-refractivity contribution is -0.139. The van der Waals surface area contributed by atoms with Crippen LogP contribution in [-0.4, -0.2) is 22.3 Å². The standard InChI is InChI=1S/C12H18O3/c13-11(7-12(14)15)4-3-10-6-8-1-2-9(10)5-8/h1-2,8-11,13H,3-7H2,(H,14,15). The fraction of sp³-hybridized carbons (Fsp3) is 0.750. The van der Waals surface area contributed by atoms with E-state index < -0.39 is 12.1 Å². The molecule has 0 spiro atoms. The van der Waals surface area contributed by atoms with E-state index in [1.807, 2.05) is 0 Å². The molecule has 4 unspecified atom stereocenters. The van der Waals surface area contributed by atoms with Gasteiger partial charge in [0.2, 0.25) is 0 Å². The number of rotatable bonds is 5. The number of carboxylic acid groups (broad SMARTS) is 1. The number of hydrogen-bond acceptors (Lipinski definition) is 2. The molecule has 0 heterocycles. The van der Waals surface area contributed by atoms with Gasteiger partial charge >= 0.3 is 5.97 Å². The van der Waals surface area contributed by atoms with Crippen molar-refractivity contribution in [1.82, 2.24) is 0 Å². The van der Waals surface area contributed by atoms with Crippen molar-refractivity contribution in [2.45, 2.75) is 38.2 Å². The number of carboxylic acids is 1. The Kier molecular flexibility index (Phi) is 3.10. The first-order valence-corrected chi connectivity index (χ1v) is 5.73. The van der Waals surface area contributed by atoms with Crippen molar-refractivity contribution in [3.8, 4) is 0 Å². The van der Waals surface area contributed by atoms with Gasteiger partial charge in [-0.05, 0) is 43.4 Å². The van der Waals surface area contributed by atoms with E-state index in [4.69, 9.17) is 5.11 Å². The van der Waals surface area contributed by atoms with Gasteiger partial charge in [0.25, 0.3) is 0 Å². The van der Waals surface area contributed by atoms with Crippen molar-refractivity contribution in [3.05, 3.63) is 12.2 Å². The minimum atomic E-state index is -0.907. The Morgan fingerprint density at radius 1 is 1.40 bits per heavy atom. The average molecular weight is 210 g/mol. The minimum Gasteiger partial charge on any atom is -0.481 e. The smallest absolute Gasteiger partial charge is 0.305 e. The van der Waals surface area contributed by atoms with E-state index in [0.717, 1.165) is 12.3 Å². The zero-order valence-corrected chi connectivity index (χ0v) is 8.80. The number of fused-ring (bicyclic) bond motifs is 2. The van der Waals surface area contributed by atoms with E-state index in [1.165, 1.54) is 12.8 Å². The van der Waals surface area contributed by atoms with Crippen LogP contribution < -0.4 is 0 Å². The summed E-state index contributed by atoms with van der Waals surface area (Å²) in [5.41, 5.74) is 0. The summed E-state index contributed by atoms with van der Waals surface area (Å²) in [5, 5.41) is 18.0. The maximum atomic E-state index is 10.4. The van der Waals surface area contributed by atoms with Crippen molar-refractivity contribution in [2.75, 3.05) is 0 Å². The van der Waals surface area contributed by atoms with Crippen LogP contribution in [0.3, 0.4) is 0 Å². The zero-order valence-electron chi connectivity index (χ0n) is 8.80. The van der Waals surface area contributed by atoms with Crippen molar-refractivity contribution in [2.24, 2.45) is 17.8 Å². The lowest BCUT2D eigenvalue weighted by atomic mass is 9.88. The lowest BCUT2D eigenvalue weighted by Crippen LogP contribution is -2.16. The molecule has 4 atom stereocenters. The fourth-order valence-corrected chi connectivity index (χ4v) is 2.94. The number of aliphatic carboxylic acids is 1. The van der Waals surface area contributed by atoms with Crippen LogP contribution in [0.15, 0.2) is 12.2 Å². The third-order valence-corrected chi connectivity index (χ3v) is 3.70. The molecule has 2 rings (SSSR count). The Labute approximate surface area is 89.8 Å². The molecule has 2 bridgehead atoms. The molecule has 3 heteroatoms. The number of aliphatic hydroxyl groups is 1. The van der Waals surface area contributed by atoms with Crippen LogP contribution >= 0.6 is 0 Å². The maximum Gasteiger partial charge on any atom is 0.305 e. The summed E-state index contributed by atoms with van der Waals surface area (Å²) >= 11 is 0. The van der Waals surface area contributed by atoms with Crippen LogP contribution in [0, 0.1) is 17.8 Å². The Hall–Kier alpha value is -0.830. The van der Waals surface area contributed by atoms with Gasteiger partial charge < -0.3 is 10.2 Å². The summed E-state index contributed by atoms with van der Waals surface area (Å²) in [7, 11) is 0. The molecule has 1 saturated carbocycles. The van der Waals surface area contributed by atoms with Crippen molar-refractivity contribution >= 4 is 5.97 Å². The topological polar surface area (TPSA) is 57.5 Å². The van der Waals surface area contributed by atoms with Gasteiger partial charge in [0.15, 0.2) is 0 Å². The van der Waals surface area contributed by atoms with Crippen LogP contribution in [0.4, 0.5) is 0 Å². The van der Waals surface area contributed by atoms with E-state index in [1.54, 1.807) is 0 Å². The molecule has 2 N–H and O–H groups in total. The predicted octanol–water partition coefficient (Wildman–Crippen LogP) is 1.81. The monoisotopic (exact) mass is 210 g/mol. The van der Waals surface area contributed by atoms with Crippen LogP contribution in [-0.2, 0) is 4.79 Å². The summed E-state index contributed by atoms with van der Waals surface area (Å²) < 4.78 is 0. The van der Waals surface area contributed by atoms with Gasteiger partial charge in [0, 0.05) is 0 Å². The Morgan fingerprint density at radius 3 is 2.73 bits per heavy atom. The van der Waals surface area contributed by atoms with Gasteiger partial charge in [0.1, 0.15) is 0 Å². The molecular formula is C12H18O3. The summed E-state index contributed by atoms with van der Waals surface area (Å²) in [6, 6.07) is 0. The van der Waals surface area contributed by atoms with E-state index in [-0.39, 0.29) is 6.42 Å². The number of aliphatic hydroxyl groups excluding tert-OH is 1. The molecule has 0 radical (unpaired) electrons. The van der Waals surface area contributed by atoms with Gasteiger partial charge in [0.05, 0.1) is 12.5 Å². The van der Waals surface area contributed by atoms with Crippen LogP contribution in [0.5, 0.6) is 0 Å². The second kappa shape index (κ2) is 4.35. The SMILES string of the molecule is O=C(O)CC(O)CCC1CC2C=CC1C2. The van der Waals surface area contributed by atoms with Gasteiger partial charge in [-0.3, -0.25) is 4.79 Å². The van der Waals surface area contributed by atoms with Gasteiger partial charge in [-0.2, -0.15) is 0 Å². The Morgan fingerprint density at radius 2 is 2.20 bits per heavy atom. The molecule has 0 saturated heterocycles. The first-order valence-electron chi connectivity index (χ1n) is 5.73. The summed E-state index contributed by atoms with van der Waals surface area (Å²) in [4.78, 5) is 10.4. The van der Waals surface area contributed by atoms with E-state index in [2.05, 4.69) is 12.2 Å². The van der Waals surface area contributed by atoms with Gasteiger partial charge in [-0.25, -0.2) is 0 Å². The Bertz CT molecular complexity index is 272. The number of hydrogen-bond donors (Lipinski definition) is 2. The molecule has 15 heavy (non-hydrogen) atoms. The van der Waals surface area contributed by atoms with Gasteiger partial charge in [-0.15, -0.1) is 0 Å². The number of carbonyl (C=O) groups is 1. The summed E-state index contributed by atoms with van der Waals surface area (Å²) in [6.07, 6.45) is 7.94. The molecule has 0 aromatic heterocycles. The Balaban J connectivity index is 1.70. The largest absolute Gasteiger partial charge is 0.481 e. The normalized spacial score (nSPS) is 34.6. The fourth-order valence-electron chi connectivity index (χ4n) is 2.94. The first kappa shape index (κ1) is 10.7. The zero-order chi connectivity index (χ0) is 10.8. The highest BCUT2D eigenvalue weighted by atomic mass is 16.4. The van der Waals surface area contributed by atoms with Crippen LogP contribution in [0.25, 0.3) is 0 Å². The molecule has 0 aliphatic heterocycles. The molecule has 0 aromatic rings. The third kappa shape index (κ3) is 2.59. The van der Waals surface area contributed by atoms with Crippen LogP contribution in [0.2, 0.25) is 0 Å². The molecular weight excluding hydrogens is 192 g/mol.